The Morgan fingerprint density at radius 3 is 2.26 bits per heavy atom. The maximum absolute atomic E-state index is 11.5. The molecule has 112 valence electrons. The molecule has 8 heteroatoms. The fourth-order valence-electron chi connectivity index (χ4n) is 1.27. The molecule has 0 aliphatic carbocycles. The highest BCUT2D eigenvalue weighted by molar-refractivity contribution is 5.88. The van der Waals surface area contributed by atoms with Gasteiger partial charge in [-0.15, -0.1) is 12.4 Å². The highest BCUT2D eigenvalue weighted by Crippen LogP contribution is 2.08. The maximum Gasteiger partial charge on any atom is 0.328 e. The summed E-state index contributed by atoms with van der Waals surface area (Å²) in [6.45, 7) is 3.35. The number of ether oxygens (including phenoxy) is 1. The highest BCUT2D eigenvalue weighted by atomic mass is 35.5. The van der Waals surface area contributed by atoms with Crippen LogP contribution in [0.2, 0.25) is 0 Å². The summed E-state index contributed by atoms with van der Waals surface area (Å²) in [5.74, 6) is -1.43. The lowest BCUT2D eigenvalue weighted by Gasteiger charge is -2.21. The molecule has 0 aliphatic heterocycles. The van der Waals surface area contributed by atoms with Crippen LogP contribution in [0.4, 0.5) is 0 Å². The Hall–Kier alpha value is -1.34. The van der Waals surface area contributed by atoms with Gasteiger partial charge in [0.25, 0.3) is 0 Å². The van der Waals surface area contributed by atoms with E-state index in [2.05, 4.69) is 15.4 Å². The second-order valence-corrected chi connectivity index (χ2v) is 3.93. The summed E-state index contributed by atoms with van der Waals surface area (Å²) in [6, 6.07) is -0.706. The Labute approximate surface area is 119 Å². The zero-order valence-electron chi connectivity index (χ0n) is 11.4. The number of amides is 2. The number of nitrogens with two attached hydrogens (primary N) is 1. The zero-order valence-corrected chi connectivity index (χ0v) is 12.2. The molecular formula is C11H22ClN3O4. The second kappa shape index (κ2) is 10.6. The topological polar surface area (TPSA) is 111 Å². The van der Waals surface area contributed by atoms with Gasteiger partial charge < -0.3 is 21.1 Å². The van der Waals surface area contributed by atoms with Crippen molar-refractivity contribution in [2.45, 2.75) is 26.3 Å². The molecule has 0 bridgehead atoms. The van der Waals surface area contributed by atoms with Gasteiger partial charge in [-0.25, -0.2) is 4.79 Å². The average Bonchev–Trinajstić information content (AvgIpc) is 2.40. The van der Waals surface area contributed by atoms with Crippen molar-refractivity contribution in [3.63, 3.8) is 0 Å². The third-order valence-corrected chi connectivity index (χ3v) is 2.62. The molecule has 0 spiro atoms. The smallest absolute Gasteiger partial charge is 0.328 e. The molecule has 0 aromatic carbocycles. The van der Waals surface area contributed by atoms with Crippen molar-refractivity contribution in [2.75, 3.05) is 20.2 Å². The van der Waals surface area contributed by atoms with Gasteiger partial charge in [0.05, 0.1) is 20.2 Å². The van der Waals surface area contributed by atoms with Crippen LogP contribution in [-0.2, 0) is 19.1 Å². The van der Waals surface area contributed by atoms with Crippen molar-refractivity contribution in [3.8, 4) is 0 Å². The fraction of sp³-hybridized carbons (Fsp3) is 0.727. The first-order valence-corrected chi connectivity index (χ1v) is 5.80. The normalized spacial score (nSPS) is 12.6. The van der Waals surface area contributed by atoms with Gasteiger partial charge >= 0.3 is 5.97 Å². The van der Waals surface area contributed by atoms with E-state index in [4.69, 9.17) is 5.73 Å². The first kappa shape index (κ1) is 20.0. The number of rotatable bonds is 7. The molecule has 0 rings (SSSR count). The summed E-state index contributed by atoms with van der Waals surface area (Å²) < 4.78 is 4.62. The molecule has 0 aliphatic rings. The summed E-state index contributed by atoms with van der Waals surface area (Å²) in [5, 5.41) is 4.85. The molecule has 0 aromatic heterocycles. The summed E-state index contributed by atoms with van der Waals surface area (Å²) >= 11 is 0. The van der Waals surface area contributed by atoms with Crippen molar-refractivity contribution >= 4 is 30.2 Å². The van der Waals surface area contributed by atoms with E-state index in [1.54, 1.807) is 0 Å². The molecule has 19 heavy (non-hydrogen) atoms. The van der Waals surface area contributed by atoms with E-state index in [1.807, 2.05) is 13.8 Å². The van der Waals surface area contributed by atoms with Gasteiger partial charge in [0, 0.05) is 0 Å². The quantitative estimate of drug-likeness (QED) is 0.532. The van der Waals surface area contributed by atoms with Crippen LogP contribution >= 0.6 is 12.4 Å². The van der Waals surface area contributed by atoms with Crippen LogP contribution in [0.3, 0.4) is 0 Å². The number of hydrogen-bond donors (Lipinski definition) is 3. The average molecular weight is 296 g/mol. The standard InChI is InChI=1S/C11H21N3O4.ClH/c1-4-7(2)10(11(17)18-3)14-9(16)6-13-8(15)5-12;/h7,10H,4-6,12H2,1-3H3,(H,13,15)(H,14,16);1H/t7-,10-;/m0./s1. The minimum absolute atomic E-state index is 0. The van der Waals surface area contributed by atoms with Gasteiger partial charge in [-0.2, -0.15) is 0 Å². The monoisotopic (exact) mass is 295 g/mol. The van der Waals surface area contributed by atoms with E-state index in [-0.39, 0.29) is 31.4 Å². The molecule has 0 fully saturated rings. The van der Waals surface area contributed by atoms with Crippen molar-refractivity contribution in [3.05, 3.63) is 0 Å². The molecule has 0 radical (unpaired) electrons. The molecule has 0 saturated heterocycles. The first-order valence-electron chi connectivity index (χ1n) is 5.80. The minimum atomic E-state index is -0.706. The lowest BCUT2D eigenvalue weighted by molar-refractivity contribution is -0.146. The van der Waals surface area contributed by atoms with E-state index in [1.165, 1.54) is 7.11 Å². The Balaban J connectivity index is 0. The number of methoxy groups -OCH3 is 1. The lowest BCUT2D eigenvalue weighted by Crippen LogP contribution is -2.49. The summed E-state index contributed by atoms with van der Waals surface area (Å²) in [6.07, 6.45) is 0.717. The Morgan fingerprint density at radius 1 is 1.26 bits per heavy atom. The van der Waals surface area contributed by atoms with Gasteiger partial charge in [-0.1, -0.05) is 20.3 Å². The number of nitrogens with one attached hydrogen (secondary N) is 2. The fourth-order valence-corrected chi connectivity index (χ4v) is 1.27. The van der Waals surface area contributed by atoms with Gasteiger partial charge in [0.1, 0.15) is 6.04 Å². The van der Waals surface area contributed by atoms with E-state index >= 15 is 0 Å². The predicted octanol–water partition coefficient (Wildman–Crippen LogP) is -0.813. The van der Waals surface area contributed by atoms with E-state index < -0.39 is 23.8 Å². The summed E-state index contributed by atoms with van der Waals surface area (Å²) in [4.78, 5) is 33.9. The van der Waals surface area contributed by atoms with E-state index in [0.29, 0.717) is 0 Å². The van der Waals surface area contributed by atoms with Gasteiger partial charge in [-0.3, -0.25) is 9.59 Å². The number of esters is 1. The largest absolute Gasteiger partial charge is 0.467 e. The molecule has 7 nitrogen and oxygen atoms in total. The Morgan fingerprint density at radius 2 is 1.84 bits per heavy atom. The van der Waals surface area contributed by atoms with Crippen LogP contribution in [0.25, 0.3) is 0 Å². The lowest BCUT2D eigenvalue weighted by atomic mass is 9.99. The molecule has 2 atom stereocenters. The van der Waals surface area contributed by atoms with Crippen molar-refractivity contribution in [1.82, 2.24) is 10.6 Å². The van der Waals surface area contributed by atoms with E-state index in [0.717, 1.165) is 6.42 Å². The number of halogens is 1. The first-order chi connectivity index (χ1) is 8.46. The van der Waals surface area contributed by atoms with Crippen LogP contribution in [0.15, 0.2) is 0 Å². The predicted molar refractivity (Wildman–Crippen MR) is 72.7 cm³/mol. The van der Waals surface area contributed by atoms with Gasteiger partial charge in [0.2, 0.25) is 11.8 Å². The minimum Gasteiger partial charge on any atom is -0.467 e. The van der Waals surface area contributed by atoms with E-state index in [9.17, 15) is 14.4 Å². The zero-order chi connectivity index (χ0) is 14.1. The number of carbonyl (C=O) groups excluding carboxylic acids is 3. The second-order valence-electron chi connectivity index (χ2n) is 3.93. The van der Waals surface area contributed by atoms with Crippen LogP contribution in [0.1, 0.15) is 20.3 Å². The third-order valence-electron chi connectivity index (χ3n) is 2.62. The summed E-state index contributed by atoms with van der Waals surface area (Å²) in [5.41, 5.74) is 5.08. The van der Waals surface area contributed by atoms with Gasteiger partial charge in [-0.05, 0) is 5.92 Å². The van der Waals surface area contributed by atoms with Gasteiger partial charge in [0.15, 0.2) is 0 Å². The molecule has 2 amide bonds. The highest BCUT2D eigenvalue weighted by Gasteiger charge is 2.26. The molecule has 0 aromatic rings. The Bertz CT molecular complexity index is 312. The summed E-state index contributed by atoms with van der Waals surface area (Å²) in [7, 11) is 1.26. The third kappa shape index (κ3) is 7.63. The molecule has 4 N–H and O–H groups in total. The molecule has 0 heterocycles. The Kier molecular flexibility index (Phi) is 11.1. The molecule has 0 saturated carbocycles. The maximum atomic E-state index is 11.5. The van der Waals surface area contributed by atoms with Crippen molar-refractivity contribution in [1.29, 1.82) is 0 Å². The molecular weight excluding hydrogens is 274 g/mol. The SMILES string of the molecule is CC[C@H](C)[C@H](NC(=O)CNC(=O)CN)C(=O)OC.Cl. The number of carbonyl (C=O) groups is 3. The van der Waals surface area contributed by atoms with Crippen LogP contribution in [0.5, 0.6) is 0 Å². The number of hydrogen-bond acceptors (Lipinski definition) is 5. The van der Waals surface area contributed by atoms with Crippen LogP contribution in [0, 0.1) is 5.92 Å². The van der Waals surface area contributed by atoms with Crippen molar-refractivity contribution in [2.24, 2.45) is 11.7 Å². The molecule has 0 unspecified atom stereocenters. The van der Waals surface area contributed by atoms with Crippen LogP contribution < -0.4 is 16.4 Å². The van der Waals surface area contributed by atoms with Crippen LogP contribution in [-0.4, -0.2) is 44.0 Å². The van der Waals surface area contributed by atoms with Crippen molar-refractivity contribution < 1.29 is 19.1 Å².